The Morgan fingerprint density at radius 3 is 0.817 bits per heavy atom. The van der Waals surface area contributed by atoms with Crippen molar-refractivity contribution in [2.45, 2.75) is 341 Å². The third-order valence-electron chi connectivity index (χ3n) is 16.6. The summed E-state index contributed by atoms with van der Waals surface area (Å²) in [6.07, 6.45) is 85.7. The smallest absolute Gasteiger partial charge is 0.462 e. The van der Waals surface area contributed by atoms with Gasteiger partial charge >= 0.3 is 39.5 Å². The van der Waals surface area contributed by atoms with Crippen LogP contribution in [-0.4, -0.2) is 96.7 Å². The Bertz CT molecular complexity index is 2490. The molecule has 0 aromatic heterocycles. The zero-order valence-corrected chi connectivity index (χ0v) is 66.9. The van der Waals surface area contributed by atoms with Crippen molar-refractivity contribution in [1.82, 2.24) is 0 Å². The molecule has 0 radical (unpaired) electrons. The van der Waals surface area contributed by atoms with Crippen molar-refractivity contribution < 1.29 is 80.2 Å². The van der Waals surface area contributed by atoms with Gasteiger partial charge in [0.15, 0.2) is 12.2 Å². The standard InChI is InChI=1S/C85H144O17P2/c1-5-9-13-17-21-25-29-33-36-38-39-41-44-47-50-54-58-62-66-70-83(88)96-76-81(102-85(90)72-68-64-60-56-52-48-42-35-31-27-23-19-15-11-7-3)78-100-104(93,94)98-74-79(86)73-97-103(91,92)99-77-80(101-84(89)71-67-63-59-55-51-45-32-28-24-20-16-12-8-4)75-95-82(87)69-65-61-57-53-49-46-43-40-37-34-30-26-22-18-14-10-6-2/h10-11,14-15,21-23,25-28,32-37,39,41-42,52,56,79-81,86H,5-9,12-13,16-20,24,29-31,38,40,43-51,53-55,57-78H2,1-4H3,(H,91,92)(H,93,94)/b14-10-,15-11-,25-21-,26-22-,27-23-,32-28-,36-33-,37-34-,41-39-,42-35-,56-52-. The van der Waals surface area contributed by atoms with Crippen molar-refractivity contribution in [3.8, 4) is 0 Å². The number of hydrogen-bond donors (Lipinski definition) is 3. The molecule has 17 nitrogen and oxygen atoms in total. The van der Waals surface area contributed by atoms with Gasteiger partial charge in [-0.1, -0.05) is 271 Å². The van der Waals surface area contributed by atoms with Crippen molar-refractivity contribution >= 4 is 39.5 Å². The van der Waals surface area contributed by atoms with Crippen LogP contribution in [0.25, 0.3) is 0 Å². The van der Waals surface area contributed by atoms with Crippen LogP contribution in [-0.2, 0) is 65.4 Å². The molecule has 596 valence electrons. The lowest BCUT2D eigenvalue weighted by molar-refractivity contribution is -0.161. The van der Waals surface area contributed by atoms with Gasteiger partial charge in [0.25, 0.3) is 0 Å². The number of aliphatic hydroxyl groups excluding tert-OH is 1. The Balaban J connectivity index is 5.40. The monoisotopic (exact) mass is 1500 g/mol. The van der Waals surface area contributed by atoms with Crippen LogP contribution in [0.5, 0.6) is 0 Å². The predicted octanol–water partition coefficient (Wildman–Crippen LogP) is 23.7. The highest BCUT2D eigenvalue weighted by Crippen LogP contribution is 2.45. The first-order valence-electron chi connectivity index (χ1n) is 40.4. The first kappa shape index (κ1) is 99.2. The normalized spacial score (nSPS) is 14.6. The fourth-order valence-corrected chi connectivity index (χ4v) is 12.0. The third kappa shape index (κ3) is 75.4. The number of hydrogen-bond acceptors (Lipinski definition) is 15. The van der Waals surface area contributed by atoms with Gasteiger partial charge in [-0.3, -0.25) is 37.3 Å². The lowest BCUT2D eigenvalue weighted by Crippen LogP contribution is -2.30. The summed E-state index contributed by atoms with van der Waals surface area (Å²) < 4.78 is 68.6. The van der Waals surface area contributed by atoms with Gasteiger partial charge in [-0.15, -0.1) is 0 Å². The number of carbonyl (C=O) groups excluding carboxylic acids is 4. The SMILES string of the molecule is CC/C=C\C/C=C\C/C=C\C/C=C\CCCCC(=O)OC(COC(=O)CCCCCCCC/C=C\C/C=C\C/C=C\CCCCC)COP(=O)(O)OCC(O)COP(=O)(O)OCC(COC(=O)CCCCCCCCC/C=C\C/C=C\C/C=C\CC)OC(=O)CCCCCCC/C=C\CCCCCC. The van der Waals surface area contributed by atoms with E-state index in [4.69, 9.17) is 37.0 Å². The van der Waals surface area contributed by atoms with Crippen molar-refractivity contribution in [1.29, 1.82) is 0 Å². The van der Waals surface area contributed by atoms with Gasteiger partial charge in [-0.2, -0.15) is 0 Å². The van der Waals surface area contributed by atoms with Gasteiger partial charge in [-0.05, 0) is 161 Å². The third-order valence-corrected chi connectivity index (χ3v) is 18.5. The molecule has 0 aromatic carbocycles. The van der Waals surface area contributed by atoms with E-state index in [9.17, 15) is 43.2 Å². The van der Waals surface area contributed by atoms with Crippen LogP contribution in [0.2, 0.25) is 0 Å². The first-order valence-corrected chi connectivity index (χ1v) is 43.4. The van der Waals surface area contributed by atoms with Crippen molar-refractivity contribution in [2.24, 2.45) is 0 Å². The van der Waals surface area contributed by atoms with Gasteiger partial charge in [0.2, 0.25) is 0 Å². The zero-order chi connectivity index (χ0) is 76.0. The van der Waals surface area contributed by atoms with Gasteiger partial charge in [-0.25, -0.2) is 9.13 Å². The lowest BCUT2D eigenvalue weighted by Gasteiger charge is -2.21. The van der Waals surface area contributed by atoms with Crippen LogP contribution in [0.4, 0.5) is 0 Å². The molecule has 0 saturated heterocycles. The van der Waals surface area contributed by atoms with Crippen LogP contribution >= 0.6 is 15.6 Å². The molecule has 5 unspecified atom stereocenters. The fourth-order valence-electron chi connectivity index (χ4n) is 10.5. The summed E-state index contributed by atoms with van der Waals surface area (Å²) in [4.78, 5) is 73.0. The topological polar surface area (TPSA) is 237 Å². The largest absolute Gasteiger partial charge is 0.472 e. The minimum Gasteiger partial charge on any atom is -0.462 e. The molecule has 0 spiro atoms. The summed E-state index contributed by atoms with van der Waals surface area (Å²) in [5, 5.41) is 10.6. The number of allylic oxidation sites excluding steroid dienone is 22. The second-order valence-corrected chi connectivity index (χ2v) is 29.5. The number of phosphoric ester groups is 2. The molecule has 0 heterocycles. The van der Waals surface area contributed by atoms with E-state index >= 15 is 0 Å². The van der Waals surface area contributed by atoms with Gasteiger partial charge in [0, 0.05) is 25.7 Å². The van der Waals surface area contributed by atoms with Crippen molar-refractivity contribution in [2.75, 3.05) is 39.6 Å². The Labute approximate surface area is 631 Å². The number of ether oxygens (including phenoxy) is 4. The lowest BCUT2D eigenvalue weighted by atomic mass is 10.1. The highest BCUT2D eigenvalue weighted by Gasteiger charge is 2.30. The van der Waals surface area contributed by atoms with E-state index in [0.29, 0.717) is 32.1 Å². The van der Waals surface area contributed by atoms with Crippen LogP contribution in [0.3, 0.4) is 0 Å². The quantitative estimate of drug-likeness (QED) is 0.0169. The molecule has 0 fully saturated rings. The number of unbranched alkanes of at least 4 members (excludes halogenated alkanes) is 27. The van der Waals surface area contributed by atoms with Crippen LogP contribution in [0, 0.1) is 0 Å². The van der Waals surface area contributed by atoms with E-state index in [0.717, 1.165) is 193 Å². The van der Waals surface area contributed by atoms with E-state index < -0.39 is 97.5 Å². The molecule has 0 rings (SSSR count). The number of carbonyl (C=O) groups is 4. The van der Waals surface area contributed by atoms with E-state index in [1.54, 1.807) is 0 Å². The molecular formula is C85H144O17P2. The molecule has 0 amide bonds. The Kier molecular flexibility index (Phi) is 72.9. The summed E-state index contributed by atoms with van der Waals surface area (Å²) in [5.41, 5.74) is 0. The maximum atomic E-state index is 13.1. The van der Waals surface area contributed by atoms with E-state index in [-0.39, 0.29) is 25.7 Å². The van der Waals surface area contributed by atoms with E-state index in [1.807, 2.05) is 0 Å². The van der Waals surface area contributed by atoms with Crippen LogP contribution in [0.1, 0.15) is 323 Å². The molecule has 0 bridgehead atoms. The first-order chi connectivity index (χ1) is 50.7. The number of esters is 4. The molecule has 19 heteroatoms. The highest BCUT2D eigenvalue weighted by atomic mass is 31.2. The average molecular weight is 1500 g/mol. The number of phosphoric acid groups is 2. The summed E-state index contributed by atoms with van der Waals surface area (Å²) in [5.74, 6) is -2.25. The summed E-state index contributed by atoms with van der Waals surface area (Å²) >= 11 is 0. The van der Waals surface area contributed by atoms with E-state index in [2.05, 4.69) is 161 Å². The molecule has 0 aromatic rings. The number of aliphatic hydroxyl groups is 1. The summed E-state index contributed by atoms with van der Waals surface area (Å²) in [6.45, 7) is 4.54. The molecule has 0 aliphatic carbocycles. The predicted molar refractivity (Wildman–Crippen MR) is 427 cm³/mol. The Hall–Kier alpha value is -4.80. The maximum absolute atomic E-state index is 13.1. The van der Waals surface area contributed by atoms with Gasteiger partial charge in [0.1, 0.15) is 19.3 Å². The molecule has 5 atom stereocenters. The minimum atomic E-state index is -5.00. The molecule has 3 N–H and O–H groups in total. The number of rotatable bonds is 75. The van der Waals surface area contributed by atoms with Gasteiger partial charge in [0.05, 0.1) is 26.4 Å². The summed E-state index contributed by atoms with van der Waals surface area (Å²) in [7, 11) is -9.98. The highest BCUT2D eigenvalue weighted by molar-refractivity contribution is 7.47. The molecular weight excluding hydrogens is 1350 g/mol. The van der Waals surface area contributed by atoms with Crippen LogP contribution < -0.4 is 0 Å². The second-order valence-electron chi connectivity index (χ2n) is 26.6. The summed E-state index contributed by atoms with van der Waals surface area (Å²) in [6, 6.07) is 0. The zero-order valence-electron chi connectivity index (χ0n) is 65.2. The van der Waals surface area contributed by atoms with Crippen molar-refractivity contribution in [3.63, 3.8) is 0 Å². The average Bonchev–Trinajstić information content (AvgIpc) is 0.910. The Morgan fingerprint density at radius 1 is 0.279 bits per heavy atom. The second kappa shape index (κ2) is 76.4. The molecule has 0 saturated carbocycles. The maximum Gasteiger partial charge on any atom is 0.472 e. The molecule has 104 heavy (non-hydrogen) atoms. The van der Waals surface area contributed by atoms with Crippen molar-refractivity contribution in [3.05, 3.63) is 134 Å². The minimum absolute atomic E-state index is 0.0367. The fraction of sp³-hybridized carbons (Fsp3) is 0.694. The van der Waals surface area contributed by atoms with Gasteiger partial charge < -0.3 is 33.8 Å². The van der Waals surface area contributed by atoms with E-state index in [1.165, 1.54) is 44.9 Å². The van der Waals surface area contributed by atoms with Crippen LogP contribution in [0.15, 0.2) is 134 Å². The molecule has 0 aliphatic rings. The Morgan fingerprint density at radius 2 is 0.500 bits per heavy atom. The molecule has 0 aliphatic heterocycles.